The van der Waals surface area contributed by atoms with Gasteiger partial charge in [0.2, 0.25) is 5.88 Å². The number of fused-ring (bicyclic) bond motifs is 2. The van der Waals surface area contributed by atoms with E-state index in [2.05, 4.69) is 37.3 Å². The Morgan fingerprint density at radius 1 is 1.27 bits per heavy atom. The van der Waals surface area contributed by atoms with Gasteiger partial charge in [-0.2, -0.15) is 10.1 Å². The van der Waals surface area contributed by atoms with Crippen molar-refractivity contribution in [2.45, 2.75) is 75.9 Å². The van der Waals surface area contributed by atoms with Crippen molar-refractivity contribution in [1.29, 1.82) is 10.9 Å². The largest absolute Gasteiger partial charge is 0.511 e. The molecule has 3 aromatic rings. The number of aromatic nitrogens is 3. The van der Waals surface area contributed by atoms with Gasteiger partial charge < -0.3 is 26.6 Å². The topological polar surface area (TPSA) is 196 Å². The van der Waals surface area contributed by atoms with Crippen LogP contribution < -0.4 is 21.5 Å². The molecule has 45 heavy (non-hydrogen) atoms. The van der Waals surface area contributed by atoms with E-state index >= 15 is 0 Å². The summed E-state index contributed by atoms with van der Waals surface area (Å²) in [6.07, 6.45) is 11.4. The highest BCUT2D eigenvalue weighted by Gasteiger charge is 2.47. The van der Waals surface area contributed by atoms with Crippen LogP contribution in [0.15, 0.2) is 53.2 Å². The monoisotopic (exact) mass is 628 g/mol. The van der Waals surface area contributed by atoms with E-state index in [1.807, 2.05) is 13.0 Å². The summed E-state index contributed by atoms with van der Waals surface area (Å²) in [6.45, 7) is 3.05. The van der Waals surface area contributed by atoms with E-state index in [-0.39, 0.29) is 29.4 Å². The molecule has 236 valence electrons. The fourth-order valence-electron chi connectivity index (χ4n) is 7.15. The first kappa shape index (κ1) is 30.7. The number of nitrogens with zero attached hydrogens (tertiary/aromatic N) is 5. The minimum Gasteiger partial charge on any atom is -0.511 e. The molecule has 1 saturated heterocycles. The van der Waals surface area contributed by atoms with E-state index in [9.17, 15) is 10.5 Å². The third kappa shape index (κ3) is 5.77. The molecule has 8 N–H and O–H groups in total. The molecule has 3 atom stereocenters. The first-order valence-corrected chi connectivity index (χ1v) is 16.2. The number of hydrogen-bond donors (Lipinski definition) is 6. The van der Waals surface area contributed by atoms with E-state index in [4.69, 9.17) is 21.7 Å². The zero-order valence-electron chi connectivity index (χ0n) is 25.6. The second-order valence-electron chi connectivity index (χ2n) is 12.1. The van der Waals surface area contributed by atoms with Crippen molar-refractivity contribution in [3.05, 3.63) is 70.0 Å². The molecule has 6 rings (SSSR count). The van der Waals surface area contributed by atoms with Gasteiger partial charge in [0, 0.05) is 52.3 Å². The smallest absolute Gasteiger partial charge is 0.219 e. The van der Waals surface area contributed by atoms with Crippen LogP contribution in [0.25, 0.3) is 5.70 Å². The second kappa shape index (κ2) is 12.6. The number of nitrogen functional groups attached to an aromatic ring is 2. The van der Waals surface area contributed by atoms with E-state index in [1.165, 1.54) is 11.3 Å². The molecular formula is C32H40N10O2S. The molecule has 12 nitrogen and oxygen atoms in total. The Morgan fingerprint density at radius 3 is 2.78 bits per heavy atom. The minimum atomic E-state index is -0.667. The summed E-state index contributed by atoms with van der Waals surface area (Å²) >= 11 is 1.50. The summed E-state index contributed by atoms with van der Waals surface area (Å²) in [7, 11) is 2.10. The quantitative estimate of drug-likeness (QED) is 0.121. The van der Waals surface area contributed by atoms with Crippen LogP contribution in [0.4, 0.5) is 16.5 Å². The van der Waals surface area contributed by atoms with Crippen LogP contribution >= 0.6 is 11.3 Å². The van der Waals surface area contributed by atoms with Gasteiger partial charge in [-0.15, -0.1) is 11.3 Å². The normalized spacial score (nSPS) is 22.7. The average molecular weight is 629 g/mol. The average Bonchev–Trinajstić information content (AvgIpc) is 3.61. The van der Waals surface area contributed by atoms with Gasteiger partial charge in [-0.1, -0.05) is 0 Å². The Kier molecular flexibility index (Phi) is 8.56. The molecule has 4 heterocycles. The van der Waals surface area contributed by atoms with Gasteiger partial charge >= 0.3 is 0 Å². The summed E-state index contributed by atoms with van der Waals surface area (Å²) in [5.74, 6) is 0.992. The van der Waals surface area contributed by atoms with Crippen molar-refractivity contribution in [3.63, 3.8) is 0 Å². The van der Waals surface area contributed by atoms with Gasteiger partial charge in [0.05, 0.1) is 11.1 Å². The zero-order valence-corrected chi connectivity index (χ0v) is 26.5. The molecule has 3 aromatic heterocycles. The number of aliphatic hydroxyl groups is 1. The number of aryl methyl sites for hydroxylation is 1. The van der Waals surface area contributed by atoms with E-state index in [0.29, 0.717) is 45.6 Å². The van der Waals surface area contributed by atoms with Crippen LogP contribution in [0.3, 0.4) is 0 Å². The summed E-state index contributed by atoms with van der Waals surface area (Å²) in [5.41, 5.74) is 22.8. The number of ether oxygens (including phenoxy) is 1. The summed E-state index contributed by atoms with van der Waals surface area (Å²) < 4.78 is 6.38. The molecule has 13 heteroatoms. The molecule has 0 unspecified atom stereocenters. The number of pyridine rings is 1. The van der Waals surface area contributed by atoms with E-state index in [0.717, 1.165) is 61.9 Å². The number of hydrogen-bond acceptors (Lipinski definition) is 13. The summed E-state index contributed by atoms with van der Waals surface area (Å²) in [6, 6.07) is 5.51. The number of allylic oxidation sites excluding steroid dienone is 2. The molecule has 3 aliphatic rings. The second-order valence-corrected chi connectivity index (χ2v) is 13.3. The molecule has 0 bridgehead atoms. The first-order valence-electron chi connectivity index (χ1n) is 15.4. The van der Waals surface area contributed by atoms with Crippen LogP contribution in [0.2, 0.25) is 0 Å². The van der Waals surface area contributed by atoms with Gasteiger partial charge in [-0.05, 0) is 84.0 Å². The molecule has 1 fully saturated rings. The maximum Gasteiger partial charge on any atom is 0.219 e. The Balaban J connectivity index is 1.38. The standard InChI is InChI=1S/C32H40N10O2S/c1-18(22-9-6-14-42(22)2)44-25-15-24(38-17-21(41-36)19-7-5-13-37-16-19)39-31(40-25)27(33)20-8-3-11-32(29(20)43)12-4-10-23-26(32)28(34)30(35)45-23/h5,7,13,15-18,22,33,36,43H,3-4,6,8-12,14,34-35H2,1-2H3,(H,38,39,40)/b21-17-,33-27?,41-36?/t18-,22-,32-/m0/s1. The summed E-state index contributed by atoms with van der Waals surface area (Å²) in [4.78, 5) is 16.9. The zero-order chi connectivity index (χ0) is 31.7. The number of thiophene rings is 1. The third-order valence-electron chi connectivity index (χ3n) is 9.39. The van der Waals surface area contributed by atoms with Crippen LogP contribution in [-0.2, 0) is 11.8 Å². The number of nitrogens with one attached hydrogen (secondary N) is 3. The van der Waals surface area contributed by atoms with Crippen LogP contribution in [0.5, 0.6) is 5.88 Å². The van der Waals surface area contributed by atoms with Gasteiger partial charge in [0.1, 0.15) is 34.1 Å². The molecule has 2 aliphatic carbocycles. The molecule has 0 amide bonds. The van der Waals surface area contributed by atoms with Crippen LogP contribution in [0.1, 0.15) is 73.7 Å². The molecule has 1 aliphatic heterocycles. The van der Waals surface area contributed by atoms with Gasteiger partial charge in [0.25, 0.3) is 0 Å². The number of anilines is 3. The summed E-state index contributed by atoms with van der Waals surface area (Å²) in [5, 5.41) is 28.6. The number of likely N-dealkylation sites (N-methyl/N-ethyl adjacent to an activating group) is 1. The van der Waals surface area contributed by atoms with Gasteiger partial charge in [-0.25, -0.2) is 10.5 Å². The Hall–Kier alpha value is -4.36. The Labute approximate surface area is 266 Å². The number of aliphatic hydroxyl groups excluding tert-OH is 1. The SMILES string of the molecule is C[C@H](Oc1cc(N/C=C(\N=N)c2cccnc2)nc(C(=N)C2=C(O)[C@@]3(CCC2)CCCc2sc(N)c(N)c23)n1)[C@@H]1CCCN1C. The van der Waals surface area contributed by atoms with Gasteiger partial charge in [-0.3, -0.25) is 15.3 Å². The predicted molar refractivity (Wildman–Crippen MR) is 177 cm³/mol. The lowest BCUT2D eigenvalue weighted by Gasteiger charge is -2.41. The third-order valence-corrected chi connectivity index (χ3v) is 10.5. The molecular weight excluding hydrogens is 588 g/mol. The van der Waals surface area contributed by atoms with Crippen molar-refractivity contribution in [2.75, 3.05) is 30.4 Å². The van der Waals surface area contributed by atoms with Crippen LogP contribution in [-0.4, -0.2) is 56.4 Å². The molecule has 0 saturated carbocycles. The van der Waals surface area contributed by atoms with Crippen molar-refractivity contribution in [2.24, 2.45) is 5.11 Å². The maximum atomic E-state index is 11.9. The van der Waals surface area contributed by atoms with Gasteiger partial charge in [0.15, 0.2) is 5.82 Å². The van der Waals surface area contributed by atoms with E-state index < -0.39 is 5.41 Å². The fourth-order valence-corrected chi connectivity index (χ4v) is 8.28. The van der Waals surface area contributed by atoms with Crippen molar-refractivity contribution in [3.8, 4) is 5.88 Å². The van der Waals surface area contributed by atoms with Crippen molar-refractivity contribution in [1.82, 2.24) is 19.9 Å². The minimum absolute atomic E-state index is 0.0428. The lowest BCUT2D eigenvalue weighted by Crippen LogP contribution is -2.38. The predicted octanol–water partition coefficient (Wildman–Crippen LogP) is 6.04. The lowest BCUT2D eigenvalue weighted by molar-refractivity contribution is 0.117. The number of likely N-dealkylation sites (tertiary alicyclic amines) is 1. The number of nitrogens with two attached hydrogens (primary N) is 2. The maximum absolute atomic E-state index is 11.9. The van der Waals surface area contributed by atoms with Crippen LogP contribution in [0, 0.1) is 10.9 Å². The highest BCUT2D eigenvalue weighted by molar-refractivity contribution is 7.16. The lowest BCUT2D eigenvalue weighted by atomic mass is 9.63. The highest BCUT2D eigenvalue weighted by Crippen LogP contribution is 2.55. The molecule has 1 spiro atoms. The van der Waals surface area contributed by atoms with Crippen molar-refractivity contribution >= 4 is 39.3 Å². The highest BCUT2D eigenvalue weighted by atomic mass is 32.1. The Bertz CT molecular complexity index is 1670. The fraction of sp³-hybridized carbons (Fsp3) is 0.438. The molecule has 0 aromatic carbocycles. The molecule has 0 radical (unpaired) electrons. The Morgan fingerprint density at radius 2 is 2.07 bits per heavy atom. The number of rotatable bonds is 9. The first-order chi connectivity index (χ1) is 21.7. The van der Waals surface area contributed by atoms with E-state index in [1.54, 1.807) is 30.7 Å². The van der Waals surface area contributed by atoms with Crippen molar-refractivity contribution < 1.29 is 9.84 Å².